The van der Waals surface area contributed by atoms with E-state index < -0.39 is 0 Å². The van der Waals surface area contributed by atoms with E-state index in [4.69, 9.17) is 10.7 Å². The molecule has 0 spiro atoms. The van der Waals surface area contributed by atoms with E-state index in [2.05, 4.69) is 30.6 Å². The summed E-state index contributed by atoms with van der Waals surface area (Å²) in [7, 11) is 0. The molecule has 2 N–H and O–H groups in total. The minimum atomic E-state index is 0. The standard InChI is InChI=1S/C17H34N4.HI/c1-14(2)11-20-8-5-7-16(13-20)10-19-17(18)21-9-4-6-15(3)12-21;/h14-16H,4-13H2,1-3H3,(H2,18,19);1H. The molecule has 0 aromatic carbocycles. The SMILES string of the molecule is CC(C)CN1CCCC(CN=C(N)N2CCCC(C)C2)C1.I. The Bertz CT molecular complexity index is 346. The quantitative estimate of drug-likeness (QED) is 0.431. The van der Waals surface area contributed by atoms with E-state index in [-0.39, 0.29) is 24.0 Å². The number of likely N-dealkylation sites (tertiary alicyclic amines) is 2. The summed E-state index contributed by atoms with van der Waals surface area (Å²) in [5.41, 5.74) is 6.21. The second-order valence-electron chi connectivity index (χ2n) is 7.55. The summed E-state index contributed by atoms with van der Waals surface area (Å²) in [6.45, 7) is 13.7. The van der Waals surface area contributed by atoms with Crippen LogP contribution in [0.1, 0.15) is 46.5 Å². The molecule has 2 rings (SSSR count). The van der Waals surface area contributed by atoms with Crippen LogP contribution in [0, 0.1) is 17.8 Å². The Morgan fingerprint density at radius 3 is 2.59 bits per heavy atom. The molecule has 2 atom stereocenters. The molecule has 2 fully saturated rings. The highest BCUT2D eigenvalue weighted by Gasteiger charge is 2.21. The summed E-state index contributed by atoms with van der Waals surface area (Å²) in [6, 6.07) is 0. The lowest BCUT2D eigenvalue weighted by molar-refractivity contribution is 0.161. The third kappa shape index (κ3) is 6.60. The van der Waals surface area contributed by atoms with E-state index in [0.29, 0.717) is 5.92 Å². The highest BCUT2D eigenvalue weighted by molar-refractivity contribution is 14.0. The maximum absolute atomic E-state index is 6.21. The summed E-state index contributed by atoms with van der Waals surface area (Å²) >= 11 is 0. The molecule has 2 saturated heterocycles. The molecular formula is C17H35IN4. The van der Waals surface area contributed by atoms with E-state index in [0.717, 1.165) is 37.4 Å². The van der Waals surface area contributed by atoms with Gasteiger partial charge >= 0.3 is 0 Å². The van der Waals surface area contributed by atoms with Gasteiger partial charge in [-0.25, -0.2) is 0 Å². The minimum Gasteiger partial charge on any atom is -0.370 e. The van der Waals surface area contributed by atoms with Crippen molar-refractivity contribution in [3.63, 3.8) is 0 Å². The Hall–Kier alpha value is -0.0400. The summed E-state index contributed by atoms with van der Waals surface area (Å²) in [4.78, 5) is 9.60. The number of nitrogens with zero attached hydrogens (tertiary/aromatic N) is 3. The number of aliphatic imine (C=N–C) groups is 1. The van der Waals surface area contributed by atoms with Gasteiger partial charge in [-0.15, -0.1) is 24.0 Å². The Kier molecular flexibility index (Phi) is 9.05. The maximum atomic E-state index is 6.21. The van der Waals surface area contributed by atoms with Gasteiger partial charge in [0, 0.05) is 32.7 Å². The van der Waals surface area contributed by atoms with Crippen LogP contribution in [0.25, 0.3) is 0 Å². The molecule has 4 nitrogen and oxygen atoms in total. The molecule has 2 aliphatic rings. The predicted octanol–water partition coefficient (Wildman–Crippen LogP) is 3.02. The van der Waals surface area contributed by atoms with Crippen molar-refractivity contribution in [3.8, 4) is 0 Å². The van der Waals surface area contributed by atoms with Crippen molar-refractivity contribution in [2.24, 2.45) is 28.5 Å². The van der Waals surface area contributed by atoms with Crippen LogP contribution in [0.4, 0.5) is 0 Å². The van der Waals surface area contributed by atoms with Crippen molar-refractivity contribution in [2.75, 3.05) is 39.3 Å². The molecule has 2 heterocycles. The zero-order chi connectivity index (χ0) is 15.2. The molecule has 0 amide bonds. The first-order valence-electron chi connectivity index (χ1n) is 8.81. The fourth-order valence-electron chi connectivity index (χ4n) is 3.70. The van der Waals surface area contributed by atoms with Crippen molar-refractivity contribution in [1.82, 2.24) is 9.80 Å². The van der Waals surface area contributed by atoms with Crippen molar-refractivity contribution >= 4 is 29.9 Å². The molecule has 0 aromatic rings. The number of halogens is 1. The summed E-state index contributed by atoms with van der Waals surface area (Å²) in [5.74, 6) is 2.98. The Balaban J connectivity index is 0.00000242. The smallest absolute Gasteiger partial charge is 0.191 e. The summed E-state index contributed by atoms with van der Waals surface area (Å²) in [5, 5.41) is 0. The highest BCUT2D eigenvalue weighted by atomic mass is 127. The Morgan fingerprint density at radius 2 is 1.91 bits per heavy atom. The van der Waals surface area contributed by atoms with Crippen LogP contribution in [0.2, 0.25) is 0 Å². The van der Waals surface area contributed by atoms with Gasteiger partial charge in [0.1, 0.15) is 0 Å². The van der Waals surface area contributed by atoms with Gasteiger partial charge in [0.25, 0.3) is 0 Å². The molecule has 2 aliphatic heterocycles. The Morgan fingerprint density at radius 1 is 1.18 bits per heavy atom. The molecule has 0 saturated carbocycles. The molecule has 5 heteroatoms. The molecule has 22 heavy (non-hydrogen) atoms. The van der Waals surface area contributed by atoms with Crippen LogP contribution in [0.3, 0.4) is 0 Å². The van der Waals surface area contributed by atoms with Gasteiger partial charge in [0.05, 0.1) is 0 Å². The van der Waals surface area contributed by atoms with E-state index in [1.54, 1.807) is 0 Å². The van der Waals surface area contributed by atoms with E-state index in [1.807, 2.05) is 0 Å². The molecule has 2 unspecified atom stereocenters. The minimum absolute atomic E-state index is 0. The first kappa shape index (κ1) is 20.0. The van der Waals surface area contributed by atoms with E-state index >= 15 is 0 Å². The fourth-order valence-corrected chi connectivity index (χ4v) is 3.70. The number of piperidine rings is 2. The number of hydrogen-bond donors (Lipinski definition) is 1. The molecule has 0 bridgehead atoms. The first-order valence-corrected chi connectivity index (χ1v) is 8.81. The monoisotopic (exact) mass is 422 g/mol. The lowest BCUT2D eigenvalue weighted by Crippen LogP contribution is -2.44. The third-order valence-electron chi connectivity index (χ3n) is 4.72. The normalized spacial score (nSPS) is 27.8. The van der Waals surface area contributed by atoms with E-state index in [1.165, 1.54) is 45.3 Å². The molecule has 0 aromatic heterocycles. The number of nitrogens with two attached hydrogens (primary N) is 1. The average molecular weight is 422 g/mol. The number of rotatable bonds is 4. The van der Waals surface area contributed by atoms with Crippen LogP contribution < -0.4 is 5.73 Å². The van der Waals surface area contributed by atoms with Crippen LogP contribution in [0.5, 0.6) is 0 Å². The molecule has 0 radical (unpaired) electrons. The van der Waals surface area contributed by atoms with Crippen LogP contribution in [-0.2, 0) is 0 Å². The van der Waals surface area contributed by atoms with Gasteiger partial charge in [0.2, 0.25) is 0 Å². The van der Waals surface area contributed by atoms with Crippen LogP contribution in [0.15, 0.2) is 4.99 Å². The number of hydrogen-bond acceptors (Lipinski definition) is 2. The van der Waals surface area contributed by atoms with Crippen LogP contribution >= 0.6 is 24.0 Å². The van der Waals surface area contributed by atoms with Gasteiger partial charge in [-0.05, 0) is 50.0 Å². The maximum Gasteiger partial charge on any atom is 0.191 e. The van der Waals surface area contributed by atoms with Gasteiger partial charge < -0.3 is 15.5 Å². The van der Waals surface area contributed by atoms with Gasteiger partial charge in [-0.2, -0.15) is 0 Å². The highest BCUT2D eigenvalue weighted by Crippen LogP contribution is 2.19. The Labute approximate surface area is 153 Å². The number of guanidine groups is 1. The topological polar surface area (TPSA) is 44.9 Å². The van der Waals surface area contributed by atoms with Gasteiger partial charge in [0.15, 0.2) is 5.96 Å². The average Bonchev–Trinajstić information content (AvgIpc) is 2.44. The van der Waals surface area contributed by atoms with Crippen molar-refractivity contribution < 1.29 is 0 Å². The fraction of sp³-hybridized carbons (Fsp3) is 0.941. The second-order valence-corrected chi connectivity index (χ2v) is 7.55. The first-order chi connectivity index (χ1) is 10.0. The van der Waals surface area contributed by atoms with Crippen molar-refractivity contribution in [1.29, 1.82) is 0 Å². The van der Waals surface area contributed by atoms with Crippen molar-refractivity contribution in [2.45, 2.75) is 46.5 Å². The van der Waals surface area contributed by atoms with E-state index in [9.17, 15) is 0 Å². The third-order valence-corrected chi connectivity index (χ3v) is 4.72. The summed E-state index contributed by atoms with van der Waals surface area (Å²) < 4.78 is 0. The van der Waals surface area contributed by atoms with Gasteiger partial charge in [-0.3, -0.25) is 4.99 Å². The molecular weight excluding hydrogens is 387 g/mol. The predicted molar refractivity (Wildman–Crippen MR) is 106 cm³/mol. The van der Waals surface area contributed by atoms with Crippen LogP contribution in [-0.4, -0.2) is 55.0 Å². The van der Waals surface area contributed by atoms with Crippen molar-refractivity contribution in [3.05, 3.63) is 0 Å². The summed E-state index contributed by atoms with van der Waals surface area (Å²) in [6.07, 6.45) is 5.20. The lowest BCUT2D eigenvalue weighted by atomic mass is 9.97. The largest absolute Gasteiger partial charge is 0.370 e. The zero-order valence-corrected chi connectivity index (χ0v) is 17.0. The molecule has 130 valence electrons. The molecule has 0 aliphatic carbocycles. The zero-order valence-electron chi connectivity index (χ0n) is 14.6. The van der Waals surface area contributed by atoms with Gasteiger partial charge in [-0.1, -0.05) is 20.8 Å². The lowest BCUT2D eigenvalue weighted by Gasteiger charge is -2.34. The second kappa shape index (κ2) is 9.96.